The highest BCUT2D eigenvalue weighted by atomic mass is 79.9. The Morgan fingerprint density at radius 3 is 2.76 bits per heavy atom. The van der Waals surface area contributed by atoms with Crippen molar-refractivity contribution in [2.45, 2.75) is 6.92 Å². The molecule has 0 aliphatic heterocycles. The number of phenolic OH excluding ortho intramolecular Hbond substituents is 1. The van der Waals surface area contributed by atoms with Gasteiger partial charge in [-0.1, -0.05) is 6.07 Å². The molecule has 0 bridgehead atoms. The van der Waals surface area contributed by atoms with Crippen LogP contribution in [0.3, 0.4) is 0 Å². The Bertz CT molecular complexity index is 563. The van der Waals surface area contributed by atoms with Crippen molar-refractivity contribution in [3.8, 4) is 5.75 Å². The van der Waals surface area contributed by atoms with Crippen LogP contribution in [0.4, 0.5) is 5.69 Å². The van der Waals surface area contributed by atoms with Gasteiger partial charge in [0.25, 0.3) is 5.91 Å². The third kappa shape index (κ3) is 2.68. The van der Waals surface area contributed by atoms with Crippen LogP contribution in [0.5, 0.6) is 5.75 Å². The van der Waals surface area contributed by atoms with Gasteiger partial charge in [-0.15, -0.1) is 0 Å². The number of nitrogens with one attached hydrogen (secondary N) is 1. The number of halogens is 1. The molecule has 5 heteroatoms. The van der Waals surface area contributed by atoms with E-state index >= 15 is 0 Å². The van der Waals surface area contributed by atoms with Crippen LogP contribution >= 0.6 is 15.9 Å². The van der Waals surface area contributed by atoms with Crippen molar-refractivity contribution in [2.75, 3.05) is 5.32 Å². The summed E-state index contributed by atoms with van der Waals surface area (Å²) in [5, 5.41) is 12.2. The number of hydrogen-bond acceptors (Lipinski definition) is 3. The summed E-state index contributed by atoms with van der Waals surface area (Å²) in [5.41, 5.74) is 1.71. The van der Waals surface area contributed by atoms with Crippen LogP contribution in [-0.2, 0) is 0 Å². The molecular formula is C12H10BrNO3. The van der Waals surface area contributed by atoms with Gasteiger partial charge in [0.1, 0.15) is 12.0 Å². The zero-order valence-electron chi connectivity index (χ0n) is 9.03. The number of benzene rings is 1. The van der Waals surface area contributed by atoms with Gasteiger partial charge >= 0.3 is 0 Å². The molecule has 1 aromatic heterocycles. The minimum atomic E-state index is -0.289. The number of hydrogen-bond donors (Lipinski definition) is 2. The lowest BCUT2D eigenvalue weighted by molar-refractivity contribution is 0.102. The van der Waals surface area contributed by atoms with E-state index in [2.05, 4.69) is 21.2 Å². The second-order valence-electron chi connectivity index (χ2n) is 3.59. The van der Waals surface area contributed by atoms with Crippen molar-refractivity contribution >= 4 is 27.5 Å². The maximum absolute atomic E-state index is 11.8. The van der Waals surface area contributed by atoms with Gasteiger partial charge in [-0.05, 0) is 34.5 Å². The summed E-state index contributed by atoms with van der Waals surface area (Å²) in [4.78, 5) is 11.8. The number of aromatic hydroxyl groups is 1. The van der Waals surface area contributed by atoms with E-state index in [1.807, 2.05) is 0 Å². The van der Waals surface area contributed by atoms with Crippen molar-refractivity contribution in [2.24, 2.45) is 0 Å². The molecule has 0 radical (unpaired) electrons. The van der Waals surface area contributed by atoms with Crippen molar-refractivity contribution in [3.05, 3.63) is 46.3 Å². The van der Waals surface area contributed by atoms with E-state index in [4.69, 9.17) is 4.42 Å². The SMILES string of the molecule is Cc1ccc(NC(=O)c2coc(Br)c2)cc1O. The molecule has 0 aliphatic carbocycles. The quantitative estimate of drug-likeness (QED) is 0.893. The van der Waals surface area contributed by atoms with E-state index in [0.29, 0.717) is 15.9 Å². The van der Waals surface area contributed by atoms with Crippen LogP contribution in [0.1, 0.15) is 15.9 Å². The molecular weight excluding hydrogens is 286 g/mol. The zero-order valence-corrected chi connectivity index (χ0v) is 10.6. The van der Waals surface area contributed by atoms with Gasteiger partial charge in [0, 0.05) is 17.8 Å². The second-order valence-corrected chi connectivity index (χ2v) is 4.38. The summed E-state index contributed by atoms with van der Waals surface area (Å²) in [6.45, 7) is 1.79. The summed E-state index contributed by atoms with van der Waals surface area (Å²) in [6.07, 6.45) is 1.35. The highest BCUT2D eigenvalue weighted by Gasteiger charge is 2.09. The Labute approximate surface area is 106 Å². The largest absolute Gasteiger partial charge is 0.508 e. The predicted octanol–water partition coefficient (Wildman–Crippen LogP) is 3.31. The predicted molar refractivity (Wildman–Crippen MR) is 67.2 cm³/mol. The number of furan rings is 1. The van der Waals surface area contributed by atoms with Crippen LogP contribution in [0.25, 0.3) is 0 Å². The number of carbonyl (C=O) groups is 1. The fraction of sp³-hybridized carbons (Fsp3) is 0.0833. The van der Waals surface area contributed by atoms with Gasteiger partial charge in [-0.2, -0.15) is 0 Å². The van der Waals surface area contributed by atoms with E-state index in [0.717, 1.165) is 5.56 Å². The van der Waals surface area contributed by atoms with Crippen LogP contribution in [0.15, 0.2) is 39.6 Å². The van der Waals surface area contributed by atoms with Gasteiger partial charge in [0.05, 0.1) is 5.56 Å². The first-order valence-electron chi connectivity index (χ1n) is 4.91. The lowest BCUT2D eigenvalue weighted by Gasteiger charge is -2.05. The van der Waals surface area contributed by atoms with E-state index in [1.54, 1.807) is 25.1 Å². The molecule has 2 aromatic rings. The number of carbonyl (C=O) groups excluding carboxylic acids is 1. The van der Waals surface area contributed by atoms with E-state index in [1.165, 1.54) is 12.3 Å². The average Bonchev–Trinajstić information content (AvgIpc) is 2.70. The molecule has 0 saturated carbocycles. The maximum Gasteiger partial charge on any atom is 0.258 e. The summed E-state index contributed by atoms with van der Waals surface area (Å²) < 4.78 is 5.47. The number of phenols is 1. The van der Waals surface area contributed by atoms with E-state index in [-0.39, 0.29) is 11.7 Å². The number of anilines is 1. The Morgan fingerprint density at radius 1 is 1.41 bits per heavy atom. The molecule has 0 unspecified atom stereocenters. The molecule has 1 aromatic carbocycles. The second kappa shape index (κ2) is 4.63. The highest BCUT2D eigenvalue weighted by Crippen LogP contribution is 2.22. The summed E-state index contributed by atoms with van der Waals surface area (Å²) in [7, 11) is 0. The fourth-order valence-corrected chi connectivity index (χ4v) is 1.66. The van der Waals surface area contributed by atoms with Crippen molar-refractivity contribution in [3.63, 3.8) is 0 Å². The number of rotatable bonds is 2. The third-order valence-corrected chi connectivity index (χ3v) is 2.71. The van der Waals surface area contributed by atoms with Crippen LogP contribution in [-0.4, -0.2) is 11.0 Å². The first-order chi connectivity index (χ1) is 8.06. The van der Waals surface area contributed by atoms with Crippen molar-refractivity contribution in [1.29, 1.82) is 0 Å². The molecule has 4 nitrogen and oxygen atoms in total. The Kier molecular flexibility index (Phi) is 3.19. The van der Waals surface area contributed by atoms with Gasteiger partial charge in [-0.25, -0.2) is 0 Å². The Hall–Kier alpha value is -1.75. The third-order valence-electron chi connectivity index (χ3n) is 2.30. The highest BCUT2D eigenvalue weighted by molar-refractivity contribution is 9.10. The lowest BCUT2D eigenvalue weighted by atomic mass is 10.2. The topological polar surface area (TPSA) is 62.5 Å². The molecule has 1 heterocycles. The van der Waals surface area contributed by atoms with Crippen LogP contribution in [0, 0.1) is 6.92 Å². The van der Waals surface area contributed by atoms with Crippen LogP contribution in [0.2, 0.25) is 0 Å². The summed E-state index contributed by atoms with van der Waals surface area (Å²) in [5.74, 6) is -0.140. The first-order valence-corrected chi connectivity index (χ1v) is 5.70. The normalized spacial score (nSPS) is 10.2. The molecule has 2 N–H and O–H groups in total. The number of aryl methyl sites for hydroxylation is 1. The van der Waals surface area contributed by atoms with Crippen LogP contribution < -0.4 is 5.32 Å². The fourth-order valence-electron chi connectivity index (χ4n) is 1.32. The smallest absolute Gasteiger partial charge is 0.258 e. The first kappa shape index (κ1) is 11.7. The molecule has 2 rings (SSSR count). The minimum absolute atomic E-state index is 0.149. The molecule has 0 saturated heterocycles. The molecule has 0 fully saturated rings. The summed E-state index contributed by atoms with van der Waals surface area (Å²) in [6, 6.07) is 6.53. The van der Waals surface area contributed by atoms with E-state index in [9.17, 15) is 9.90 Å². The van der Waals surface area contributed by atoms with Crippen molar-refractivity contribution in [1.82, 2.24) is 0 Å². The molecule has 88 valence electrons. The van der Waals surface area contributed by atoms with Crippen molar-refractivity contribution < 1.29 is 14.3 Å². The molecule has 1 amide bonds. The van der Waals surface area contributed by atoms with Gasteiger partial charge < -0.3 is 14.8 Å². The minimum Gasteiger partial charge on any atom is -0.508 e. The molecule has 0 atom stereocenters. The molecule has 0 aliphatic rings. The summed E-state index contributed by atoms with van der Waals surface area (Å²) >= 11 is 3.12. The Balaban J connectivity index is 2.15. The molecule has 0 spiro atoms. The zero-order chi connectivity index (χ0) is 12.4. The maximum atomic E-state index is 11.8. The van der Waals surface area contributed by atoms with Gasteiger partial charge in [0.15, 0.2) is 4.67 Å². The lowest BCUT2D eigenvalue weighted by Crippen LogP contribution is -2.10. The number of amides is 1. The average molecular weight is 296 g/mol. The standard InChI is InChI=1S/C12H10BrNO3/c1-7-2-3-9(5-10(7)15)14-12(16)8-4-11(13)17-6-8/h2-6,15H,1H3,(H,14,16). The van der Waals surface area contributed by atoms with Gasteiger partial charge in [0.2, 0.25) is 0 Å². The monoisotopic (exact) mass is 295 g/mol. The van der Waals surface area contributed by atoms with Gasteiger partial charge in [-0.3, -0.25) is 4.79 Å². The Morgan fingerprint density at radius 2 is 2.18 bits per heavy atom. The van der Waals surface area contributed by atoms with E-state index < -0.39 is 0 Å². The molecule has 17 heavy (non-hydrogen) atoms.